The highest BCUT2D eigenvalue weighted by atomic mass is 16.5. The predicted molar refractivity (Wildman–Crippen MR) is 78.8 cm³/mol. The van der Waals surface area contributed by atoms with Gasteiger partial charge < -0.3 is 4.74 Å². The molecule has 18 heavy (non-hydrogen) atoms. The molecule has 0 aliphatic carbocycles. The molecule has 0 aliphatic heterocycles. The maximum absolute atomic E-state index is 6.05. The average Bonchev–Trinajstić information content (AvgIpc) is 2.34. The lowest BCUT2D eigenvalue weighted by Crippen LogP contribution is -2.31. The number of ether oxygens (including phenoxy) is 1. The maximum atomic E-state index is 6.05. The van der Waals surface area contributed by atoms with Crippen molar-refractivity contribution in [2.75, 3.05) is 6.61 Å². The van der Waals surface area contributed by atoms with Crippen LogP contribution in [0.3, 0.4) is 0 Å². The Hall–Kier alpha value is -1.08. The maximum Gasteiger partial charge on any atom is 0.0835 e. The van der Waals surface area contributed by atoms with Crippen molar-refractivity contribution < 1.29 is 4.74 Å². The van der Waals surface area contributed by atoms with Crippen LogP contribution in [0, 0.1) is 5.41 Å². The molecule has 1 rings (SSSR count). The first kappa shape index (κ1) is 15.0. The summed E-state index contributed by atoms with van der Waals surface area (Å²) in [7, 11) is 0. The van der Waals surface area contributed by atoms with E-state index < -0.39 is 0 Å². The van der Waals surface area contributed by atoms with Crippen LogP contribution < -0.4 is 0 Å². The molecule has 1 nitrogen and oxygen atoms in total. The van der Waals surface area contributed by atoms with Gasteiger partial charge in [-0.15, -0.1) is 6.58 Å². The van der Waals surface area contributed by atoms with Crippen molar-refractivity contribution in [3.05, 3.63) is 48.6 Å². The number of hydrogen-bond donors (Lipinski definition) is 0. The summed E-state index contributed by atoms with van der Waals surface area (Å²) in [5, 5.41) is 0. The molecule has 1 aromatic carbocycles. The minimum Gasteiger partial charge on any atom is -0.371 e. The largest absolute Gasteiger partial charge is 0.371 e. The highest BCUT2D eigenvalue weighted by Gasteiger charge is 2.23. The molecule has 0 N–H and O–H groups in total. The second-order valence-corrected chi connectivity index (χ2v) is 6.35. The van der Waals surface area contributed by atoms with E-state index in [-0.39, 0.29) is 11.0 Å². The Kier molecular flexibility index (Phi) is 5.15. The normalized spacial score (nSPS) is 15.1. The fourth-order valence-corrected chi connectivity index (χ4v) is 1.65. The van der Waals surface area contributed by atoms with Crippen LogP contribution >= 0.6 is 0 Å². The van der Waals surface area contributed by atoms with Crippen LogP contribution in [0.4, 0.5) is 0 Å². The number of aryl methyl sites for hydroxylation is 1. The molecule has 0 amide bonds. The molecular weight excluding hydrogens is 220 g/mol. The first-order valence-corrected chi connectivity index (χ1v) is 6.66. The molecular formula is C17H26O. The van der Waals surface area contributed by atoms with Crippen molar-refractivity contribution in [1.29, 1.82) is 0 Å². The van der Waals surface area contributed by atoms with Crippen LogP contribution in [0.25, 0.3) is 0 Å². The van der Waals surface area contributed by atoms with Gasteiger partial charge >= 0.3 is 0 Å². The highest BCUT2D eigenvalue weighted by Crippen LogP contribution is 2.24. The van der Waals surface area contributed by atoms with E-state index in [1.165, 1.54) is 5.56 Å². The molecule has 1 unspecified atom stereocenters. The van der Waals surface area contributed by atoms with E-state index >= 15 is 0 Å². The third kappa shape index (κ3) is 5.50. The van der Waals surface area contributed by atoms with Crippen LogP contribution in [-0.4, -0.2) is 12.2 Å². The Morgan fingerprint density at radius 1 is 1.11 bits per heavy atom. The molecule has 0 radical (unpaired) electrons. The Morgan fingerprint density at radius 3 is 2.22 bits per heavy atom. The molecule has 0 heterocycles. The summed E-state index contributed by atoms with van der Waals surface area (Å²) in [6, 6.07) is 10.5. The number of hydrogen-bond acceptors (Lipinski definition) is 1. The van der Waals surface area contributed by atoms with E-state index in [1.807, 2.05) is 12.1 Å². The van der Waals surface area contributed by atoms with Gasteiger partial charge in [0.2, 0.25) is 0 Å². The van der Waals surface area contributed by atoms with Crippen LogP contribution in [-0.2, 0) is 11.2 Å². The Morgan fingerprint density at radius 2 is 1.72 bits per heavy atom. The molecule has 0 bridgehead atoms. The van der Waals surface area contributed by atoms with Gasteiger partial charge in [0.05, 0.1) is 12.2 Å². The lowest BCUT2D eigenvalue weighted by molar-refractivity contribution is -0.0354. The first-order chi connectivity index (χ1) is 8.35. The number of rotatable bonds is 6. The SMILES string of the molecule is C=CC(C)(CCc1ccccc1)OCC(C)(C)C. The second-order valence-electron chi connectivity index (χ2n) is 6.35. The minimum atomic E-state index is -0.233. The topological polar surface area (TPSA) is 9.23 Å². The van der Waals surface area contributed by atoms with Gasteiger partial charge in [-0.05, 0) is 30.7 Å². The van der Waals surface area contributed by atoms with E-state index in [9.17, 15) is 0 Å². The van der Waals surface area contributed by atoms with Gasteiger partial charge in [-0.25, -0.2) is 0 Å². The van der Waals surface area contributed by atoms with Gasteiger partial charge in [-0.1, -0.05) is 57.2 Å². The molecule has 100 valence electrons. The van der Waals surface area contributed by atoms with Crippen molar-refractivity contribution in [3.8, 4) is 0 Å². The molecule has 0 spiro atoms. The third-order valence-electron chi connectivity index (χ3n) is 3.02. The van der Waals surface area contributed by atoms with E-state index in [2.05, 4.69) is 58.5 Å². The summed E-state index contributed by atoms with van der Waals surface area (Å²) >= 11 is 0. The van der Waals surface area contributed by atoms with Crippen molar-refractivity contribution in [2.24, 2.45) is 5.41 Å². The summed E-state index contributed by atoms with van der Waals surface area (Å²) in [5.74, 6) is 0. The fraction of sp³-hybridized carbons (Fsp3) is 0.529. The van der Waals surface area contributed by atoms with Crippen molar-refractivity contribution in [1.82, 2.24) is 0 Å². The summed E-state index contributed by atoms with van der Waals surface area (Å²) in [5.41, 5.74) is 1.31. The Bertz CT molecular complexity index is 361. The van der Waals surface area contributed by atoms with Crippen molar-refractivity contribution in [3.63, 3.8) is 0 Å². The zero-order valence-corrected chi connectivity index (χ0v) is 12.2. The van der Waals surface area contributed by atoms with Gasteiger partial charge in [0.25, 0.3) is 0 Å². The average molecular weight is 246 g/mol. The Labute approximate surface area is 112 Å². The van der Waals surface area contributed by atoms with Gasteiger partial charge in [0.15, 0.2) is 0 Å². The molecule has 0 fully saturated rings. The van der Waals surface area contributed by atoms with Crippen molar-refractivity contribution >= 4 is 0 Å². The van der Waals surface area contributed by atoms with E-state index in [1.54, 1.807) is 0 Å². The summed E-state index contributed by atoms with van der Waals surface area (Å²) in [6.07, 6.45) is 3.92. The van der Waals surface area contributed by atoms with Crippen LogP contribution in [0.1, 0.15) is 39.7 Å². The van der Waals surface area contributed by atoms with Gasteiger partial charge in [-0.2, -0.15) is 0 Å². The number of benzene rings is 1. The summed E-state index contributed by atoms with van der Waals surface area (Å²) in [4.78, 5) is 0. The van der Waals surface area contributed by atoms with Gasteiger partial charge in [-0.3, -0.25) is 0 Å². The lowest BCUT2D eigenvalue weighted by atomic mass is 9.94. The zero-order valence-electron chi connectivity index (χ0n) is 12.2. The molecule has 1 heteroatoms. The van der Waals surface area contributed by atoms with E-state index in [0.717, 1.165) is 19.4 Å². The Balaban J connectivity index is 2.52. The van der Waals surface area contributed by atoms with Crippen LogP contribution in [0.5, 0.6) is 0 Å². The minimum absolute atomic E-state index is 0.191. The van der Waals surface area contributed by atoms with Gasteiger partial charge in [0, 0.05) is 0 Å². The van der Waals surface area contributed by atoms with Crippen LogP contribution in [0.2, 0.25) is 0 Å². The molecule has 1 aromatic rings. The second kappa shape index (κ2) is 6.19. The molecule has 0 saturated carbocycles. The smallest absolute Gasteiger partial charge is 0.0835 e. The zero-order chi connectivity index (χ0) is 13.6. The first-order valence-electron chi connectivity index (χ1n) is 6.66. The molecule has 0 saturated heterocycles. The van der Waals surface area contributed by atoms with Crippen LogP contribution in [0.15, 0.2) is 43.0 Å². The standard InChI is InChI=1S/C17H26O/c1-6-17(5,18-14-16(2,3)4)13-12-15-10-8-7-9-11-15/h6-11H,1,12-14H2,2-5H3. The summed E-state index contributed by atoms with van der Waals surface area (Å²) < 4.78 is 6.05. The predicted octanol–water partition coefficient (Wildman–Crippen LogP) is 4.63. The highest BCUT2D eigenvalue weighted by molar-refractivity contribution is 5.15. The lowest BCUT2D eigenvalue weighted by Gasteiger charge is -2.30. The molecule has 0 aromatic heterocycles. The summed E-state index contributed by atoms with van der Waals surface area (Å²) in [6.45, 7) is 13.4. The fourth-order valence-electron chi connectivity index (χ4n) is 1.65. The monoisotopic (exact) mass is 246 g/mol. The third-order valence-corrected chi connectivity index (χ3v) is 3.02. The quantitative estimate of drug-likeness (QED) is 0.665. The van der Waals surface area contributed by atoms with Gasteiger partial charge in [0.1, 0.15) is 0 Å². The van der Waals surface area contributed by atoms with E-state index in [4.69, 9.17) is 4.74 Å². The molecule has 1 atom stereocenters. The van der Waals surface area contributed by atoms with E-state index in [0.29, 0.717) is 0 Å². The molecule has 0 aliphatic rings. The van der Waals surface area contributed by atoms with Crippen molar-refractivity contribution in [2.45, 2.75) is 46.1 Å².